The molecule has 0 bridgehead atoms. The van der Waals surface area contributed by atoms with Gasteiger partial charge >= 0.3 is 5.97 Å². The van der Waals surface area contributed by atoms with Gasteiger partial charge in [0.05, 0.1) is 36.9 Å². The van der Waals surface area contributed by atoms with E-state index in [0.29, 0.717) is 38.5 Å². The Morgan fingerprint density at radius 3 is 2.20 bits per heavy atom. The van der Waals surface area contributed by atoms with Crippen LogP contribution in [0, 0.1) is 50.2 Å². The van der Waals surface area contributed by atoms with Crippen molar-refractivity contribution in [1.82, 2.24) is 0 Å². The number of allylic oxidation sites excluding steroid dienone is 2. The molecule has 4 saturated carbocycles. The van der Waals surface area contributed by atoms with Gasteiger partial charge in [-0.25, -0.2) is 0 Å². The second-order valence-corrected chi connectivity index (χ2v) is 17.6. The summed E-state index contributed by atoms with van der Waals surface area (Å²) in [5, 5.41) is 75.4. The summed E-state index contributed by atoms with van der Waals surface area (Å²) in [6, 6.07) is 0. The van der Waals surface area contributed by atoms with Crippen LogP contribution in [-0.4, -0.2) is 97.8 Å². The van der Waals surface area contributed by atoms with E-state index >= 15 is 0 Å². The summed E-state index contributed by atoms with van der Waals surface area (Å²) in [6.07, 6.45) is -1.29. The molecule has 15 atom stereocenters. The van der Waals surface area contributed by atoms with E-state index in [-0.39, 0.29) is 41.3 Å². The standard InChI is InChI=1S/C35H56O10/c1-30(2)9-11-35(29(43)45-28-25(41)24(40)22(39)16-44-28)12-10-33(5)18(19(35)13-30)7-8-23-31(3)14-21(38)27(42)32(4,17-36)26(31)20(37)15-34(23,33)6/h7,19-28,36-42H,8-17H2,1-6H3/t19-,20+,21-,22-,23+,24+,25+,26+,27-,28-,31+,32-,33+,34+,35-/m0/s1. The van der Waals surface area contributed by atoms with Crippen molar-refractivity contribution in [3.05, 3.63) is 11.6 Å². The van der Waals surface area contributed by atoms with E-state index in [9.17, 15) is 40.5 Å². The molecule has 45 heavy (non-hydrogen) atoms. The third-order valence-corrected chi connectivity index (χ3v) is 14.7. The minimum Gasteiger partial charge on any atom is -0.432 e. The Morgan fingerprint density at radius 1 is 0.867 bits per heavy atom. The van der Waals surface area contributed by atoms with Crippen LogP contribution in [0.1, 0.15) is 92.9 Å². The summed E-state index contributed by atoms with van der Waals surface area (Å²) < 4.78 is 11.3. The molecule has 10 heteroatoms. The maximum absolute atomic E-state index is 14.3. The topological polar surface area (TPSA) is 177 Å². The van der Waals surface area contributed by atoms with Crippen LogP contribution in [-0.2, 0) is 14.3 Å². The van der Waals surface area contributed by atoms with Gasteiger partial charge in [0.1, 0.15) is 18.3 Å². The summed E-state index contributed by atoms with van der Waals surface area (Å²) in [7, 11) is 0. The van der Waals surface area contributed by atoms with Gasteiger partial charge < -0.3 is 45.2 Å². The lowest BCUT2D eigenvalue weighted by Gasteiger charge is -2.72. The van der Waals surface area contributed by atoms with E-state index in [1.165, 1.54) is 5.57 Å². The first-order valence-corrected chi connectivity index (χ1v) is 17.0. The van der Waals surface area contributed by atoms with Gasteiger partial charge in [0.2, 0.25) is 6.29 Å². The lowest BCUT2D eigenvalue weighted by Crippen LogP contribution is -2.71. The predicted molar refractivity (Wildman–Crippen MR) is 163 cm³/mol. The van der Waals surface area contributed by atoms with Gasteiger partial charge in [-0.05, 0) is 84.9 Å². The summed E-state index contributed by atoms with van der Waals surface area (Å²) in [5.41, 5.74) is -2.01. The molecule has 6 aliphatic rings. The number of aliphatic hydroxyl groups excluding tert-OH is 7. The molecule has 5 aliphatic carbocycles. The van der Waals surface area contributed by atoms with Crippen molar-refractivity contribution in [3.63, 3.8) is 0 Å². The van der Waals surface area contributed by atoms with Crippen LogP contribution in [0.5, 0.6) is 0 Å². The fraction of sp³-hybridized carbons (Fsp3) is 0.914. The number of ether oxygens (including phenoxy) is 2. The van der Waals surface area contributed by atoms with Crippen LogP contribution in [0.4, 0.5) is 0 Å². The number of carbonyl (C=O) groups is 1. The second-order valence-electron chi connectivity index (χ2n) is 17.6. The predicted octanol–water partition coefficient (Wildman–Crippen LogP) is 2.05. The number of aliphatic hydroxyl groups is 7. The van der Waals surface area contributed by atoms with Gasteiger partial charge in [0.25, 0.3) is 0 Å². The number of hydrogen-bond donors (Lipinski definition) is 7. The van der Waals surface area contributed by atoms with Gasteiger partial charge in [-0.1, -0.05) is 53.2 Å². The fourth-order valence-electron chi connectivity index (χ4n) is 12.0. The number of rotatable bonds is 3. The van der Waals surface area contributed by atoms with Crippen LogP contribution in [0.3, 0.4) is 0 Å². The van der Waals surface area contributed by atoms with Gasteiger partial charge in [0.15, 0.2) is 0 Å². The van der Waals surface area contributed by atoms with Gasteiger partial charge in [-0.15, -0.1) is 0 Å². The first-order valence-electron chi connectivity index (χ1n) is 17.0. The number of hydrogen-bond acceptors (Lipinski definition) is 10. The molecule has 0 aromatic heterocycles. The average Bonchev–Trinajstić information content (AvgIpc) is 2.96. The van der Waals surface area contributed by atoms with Crippen molar-refractivity contribution in [2.24, 2.45) is 50.2 Å². The van der Waals surface area contributed by atoms with Crippen molar-refractivity contribution in [2.45, 2.75) is 136 Å². The molecule has 5 fully saturated rings. The monoisotopic (exact) mass is 636 g/mol. The highest BCUT2D eigenvalue weighted by Crippen LogP contribution is 2.75. The molecule has 0 spiro atoms. The molecule has 6 rings (SSSR count). The molecule has 1 aliphatic heterocycles. The second kappa shape index (κ2) is 10.7. The highest BCUT2D eigenvalue weighted by Gasteiger charge is 2.72. The molecule has 7 N–H and O–H groups in total. The highest BCUT2D eigenvalue weighted by atomic mass is 16.7. The number of carbonyl (C=O) groups excluding carboxylic acids is 1. The molecular weight excluding hydrogens is 580 g/mol. The molecular formula is C35H56O10. The Labute approximate surface area is 266 Å². The van der Waals surface area contributed by atoms with E-state index in [2.05, 4.69) is 40.7 Å². The first kappa shape index (κ1) is 33.8. The number of fused-ring (bicyclic) bond motifs is 7. The molecule has 0 unspecified atom stereocenters. The molecule has 0 aromatic rings. The van der Waals surface area contributed by atoms with Gasteiger partial charge in [0, 0.05) is 11.3 Å². The van der Waals surface area contributed by atoms with Crippen LogP contribution < -0.4 is 0 Å². The minimum absolute atomic E-state index is 0.0256. The zero-order valence-corrected chi connectivity index (χ0v) is 27.8. The Morgan fingerprint density at radius 2 is 1.53 bits per heavy atom. The largest absolute Gasteiger partial charge is 0.432 e. The van der Waals surface area contributed by atoms with E-state index < -0.39 is 71.0 Å². The van der Waals surface area contributed by atoms with Crippen molar-refractivity contribution in [1.29, 1.82) is 0 Å². The van der Waals surface area contributed by atoms with Crippen molar-refractivity contribution in [3.8, 4) is 0 Å². The smallest absolute Gasteiger partial charge is 0.315 e. The molecule has 10 nitrogen and oxygen atoms in total. The summed E-state index contributed by atoms with van der Waals surface area (Å²) in [5.74, 6) is -0.905. The third kappa shape index (κ3) is 4.52. The molecule has 0 amide bonds. The zero-order chi connectivity index (χ0) is 33.1. The summed E-state index contributed by atoms with van der Waals surface area (Å²) in [6.45, 7) is 12.3. The zero-order valence-electron chi connectivity index (χ0n) is 27.8. The van der Waals surface area contributed by atoms with Gasteiger partial charge in [-0.3, -0.25) is 4.79 Å². The molecule has 1 saturated heterocycles. The molecule has 0 aromatic carbocycles. The molecule has 1 heterocycles. The summed E-state index contributed by atoms with van der Waals surface area (Å²) >= 11 is 0. The first-order chi connectivity index (χ1) is 20.8. The van der Waals surface area contributed by atoms with Crippen molar-refractivity contribution in [2.75, 3.05) is 13.2 Å². The average molecular weight is 637 g/mol. The SMILES string of the molecule is CC1(C)CC[C@]2(C(=O)O[C@@H]3OC[C@H](O)[C@@H](O)[C@H]3O)CC[C@]3(C)C(=CC[C@@H]4[C@@]5(C)C[C@H](O)[C@H](O)[C@@](C)(CO)[C@@H]5[C@H](O)C[C@]43C)[C@@H]2C1. The van der Waals surface area contributed by atoms with E-state index in [4.69, 9.17) is 9.47 Å². The Hall–Kier alpha value is -1.11. The van der Waals surface area contributed by atoms with Crippen molar-refractivity contribution < 1.29 is 50.0 Å². The number of esters is 1. The van der Waals surface area contributed by atoms with Crippen molar-refractivity contribution >= 4 is 5.97 Å². The molecule has 0 radical (unpaired) electrons. The Bertz CT molecular complexity index is 1220. The lowest BCUT2D eigenvalue weighted by molar-refractivity contribution is -0.277. The third-order valence-electron chi connectivity index (χ3n) is 14.7. The fourth-order valence-corrected chi connectivity index (χ4v) is 12.0. The lowest BCUT2D eigenvalue weighted by atomic mass is 9.33. The normalized spacial score (nSPS) is 55.7. The van der Waals surface area contributed by atoms with Crippen LogP contribution >= 0.6 is 0 Å². The Balaban J connectivity index is 1.39. The van der Waals surface area contributed by atoms with E-state index in [1.807, 2.05) is 0 Å². The van der Waals surface area contributed by atoms with Crippen LogP contribution in [0.25, 0.3) is 0 Å². The Kier molecular flexibility index (Phi) is 8.03. The molecule has 256 valence electrons. The van der Waals surface area contributed by atoms with Crippen LogP contribution in [0.15, 0.2) is 11.6 Å². The van der Waals surface area contributed by atoms with Crippen LogP contribution in [0.2, 0.25) is 0 Å². The highest BCUT2D eigenvalue weighted by molar-refractivity contribution is 5.79. The summed E-state index contributed by atoms with van der Waals surface area (Å²) in [4.78, 5) is 14.3. The minimum atomic E-state index is -1.55. The van der Waals surface area contributed by atoms with E-state index in [0.717, 1.165) is 12.8 Å². The maximum Gasteiger partial charge on any atom is 0.315 e. The maximum atomic E-state index is 14.3. The quantitative estimate of drug-likeness (QED) is 0.179. The van der Waals surface area contributed by atoms with Gasteiger partial charge in [-0.2, -0.15) is 0 Å². The van der Waals surface area contributed by atoms with E-state index in [1.54, 1.807) is 6.92 Å².